The van der Waals surface area contributed by atoms with Crippen LogP contribution in [0.25, 0.3) is 6.08 Å². The zero-order valence-corrected chi connectivity index (χ0v) is 16.6. The largest absolute Gasteiger partial charge is 0.492 e. The summed E-state index contributed by atoms with van der Waals surface area (Å²) in [5.74, 6) is -0.254. The van der Waals surface area contributed by atoms with E-state index >= 15 is 0 Å². The van der Waals surface area contributed by atoms with Crippen molar-refractivity contribution in [1.82, 2.24) is 5.32 Å². The van der Waals surface area contributed by atoms with Gasteiger partial charge in [0.25, 0.3) is 0 Å². The molecular weight excluding hydrogens is 381 g/mol. The normalized spacial score (nSPS) is 19.3. The van der Waals surface area contributed by atoms with Gasteiger partial charge in [-0.3, -0.25) is 4.79 Å². The Bertz CT molecular complexity index is 747. The number of amides is 1. The minimum absolute atomic E-state index is 0.0540. The molecule has 0 unspecified atom stereocenters. The van der Waals surface area contributed by atoms with Crippen LogP contribution >= 0.6 is 11.6 Å². The monoisotopic (exact) mass is 403 g/mol. The predicted octanol–water partition coefficient (Wildman–Crippen LogP) is 4.51. The summed E-state index contributed by atoms with van der Waals surface area (Å²) < 4.78 is 50.4. The molecule has 1 N–H and O–H groups in total. The third kappa shape index (κ3) is 5.06. The average molecular weight is 404 g/mol. The third-order valence-electron chi connectivity index (χ3n) is 4.77. The maximum absolute atomic E-state index is 12.8. The molecular formula is C18H22BClF3NO3. The van der Waals surface area contributed by atoms with Gasteiger partial charge in [-0.2, -0.15) is 13.2 Å². The van der Waals surface area contributed by atoms with Crippen LogP contribution in [0, 0.1) is 0 Å². The highest BCUT2D eigenvalue weighted by atomic mass is 35.5. The van der Waals surface area contributed by atoms with E-state index < -0.39 is 30.1 Å². The van der Waals surface area contributed by atoms with E-state index in [1.165, 1.54) is 13.0 Å². The minimum Gasteiger partial charge on any atom is -0.400 e. The maximum Gasteiger partial charge on any atom is 0.492 e. The number of hydrogen-bond acceptors (Lipinski definition) is 3. The van der Waals surface area contributed by atoms with Crippen LogP contribution in [-0.4, -0.2) is 30.8 Å². The molecule has 0 saturated carbocycles. The summed E-state index contributed by atoms with van der Waals surface area (Å²) in [6, 6.07) is 3.11. The number of hydrogen-bond donors (Lipinski definition) is 1. The lowest BCUT2D eigenvalue weighted by Crippen LogP contribution is -2.41. The number of benzene rings is 1. The predicted molar refractivity (Wildman–Crippen MR) is 99.2 cm³/mol. The molecule has 0 radical (unpaired) electrons. The molecule has 1 fully saturated rings. The summed E-state index contributed by atoms with van der Waals surface area (Å²) in [6.45, 7) is 9.01. The highest BCUT2D eigenvalue weighted by Gasteiger charge is 2.52. The second kappa shape index (κ2) is 7.49. The Balaban J connectivity index is 2.39. The fraction of sp³-hybridized carbons (Fsp3) is 0.500. The second-order valence-corrected chi connectivity index (χ2v) is 7.86. The van der Waals surface area contributed by atoms with Crippen molar-refractivity contribution in [2.24, 2.45) is 0 Å². The van der Waals surface area contributed by atoms with Crippen molar-refractivity contribution in [3.63, 3.8) is 0 Å². The van der Waals surface area contributed by atoms with Gasteiger partial charge in [-0.1, -0.05) is 23.7 Å². The lowest BCUT2D eigenvalue weighted by Gasteiger charge is -2.32. The summed E-state index contributed by atoms with van der Waals surface area (Å²) in [5.41, 5.74) is -1.11. The van der Waals surface area contributed by atoms with Crippen LogP contribution in [-0.2, 0) is 20.3 Å². The van der Waals surface area contributed by atoms with Crippen LogP contribution in [0.3, 0.4) is 0 Å². The molecule has 0 atom stereocenters. The van der Waals surface area contributed by atoms with Gasteiger partial charge in [0.1, 0.15) is 0 Å². The molecule has 148 valence electrons. The second-order valence-electron chi connectivity index (χ2n) is 7.45. The fourth-order valence-electron chi connectivity index (χ4n) is 2.44. The molecule has 4 nitrogen and oxygen atoms in total. The van der Waals surface area contributed by atoms with E-state index in [0.29, 0.717) is 11.0 Å². The van der Waals surface area contributed by atoms with E-state index in [2.05, 4.69) is 5.32 Å². The first-order chi connectivity index (χ1) is 12.2. The lowest BCUT2D eigenvalue weighted by atomic mass is 9.77. The van der Waals surface area contributed by atoms with Crippen molar-refractivity contribution >= 4 is 30.7 Å². The Morgan fingerprint density at radius 2 is 1.78 bits per heavy atom. The lowest BCUT2D eigenvalue weighted by molar-refractivity contribution is -0.137. The molecule has 1 aliphatic rings. The summed E-state index contributed by atoms with van der Waals surface area (Å²) in [5, 5.41) is 2.61. The molecule has 1 amide bonds. The Kier molecular flexibility index (Phi) is 6.04. The molecule has 0 spiro atoms. The fourth-order valence-corrected chi connectivity index (χ4v) is 2.68. The van der Waals surface area contributed by atoms with Crippen molar-refractivity contribution in [2.45, 2.75) is 52.0 Å². The van der Waals surface area contributed by atoms with Crippen LogP contribution in [0.1, 0.15) is 45.7 Å². The number of rotatable bonds is 4. The third-order valence-corrected chi connectivity index (χ3v) is 5.09. The topological polar surface area (TPSA) is 47.6 Å². The Hall–Kier alpha value is -1.51. The van der Waals surface area contributed by atoms with Crippen LogP contribution in [0.4, 0.5) is 13.2 Å². The van der Waals surface area contributed by atoms with Crippen LogP contribution in [0.5, 0.6) is 0 Å². The van der Waals surface area contributed by atoms with E-state index in [1.807, 2.05) is 27.7 Å². The molecule has 1 aromatic carbocycles. The first kappa shape index (κ1) is 21.8. The molecule has 2 rings (SSSR count). The first-order valence-corrected chi connectivity index (χ1v) is 8.78. The Labute approximate surface area is 162 Å². The quantitative estimate of drug-likeness (QED) is 0.753. The number of halogens is 4. The van der Waals surface area contributed by atoms with Gasteiger partial charge in [0, 0.05) is 18.5 Å². The smallest absolute Gasteiger partial charge is 0.400 e. The van der Waals surface area contributed by atoms with Gasteiger partial charge >= 0.3 is 13.3 Å². The van der Waals surface area contributed by atoms with Crippen LogP contribution < -0.4 is 5.32 Å². The summed E-state index contributed by atoms with van der Waals surface area (Å²) >= 11 is 6.05. The van der Waals surface area contributed by atoms with Gasteiger partial charge in [-0.05, 0) is 50.9 Å². The van der Waals surface area contributed by atoms with Crippen molar-refractivity contribution < 1.29 is 27.3 Å². The Morgan fingerprint density at radius 1 is 1.22 bits per heavy atom. The molecule has 1 saturated heterocycles. The van der Waals surface area contributed by atoms with Crippen molar-refractivity contribution in [2.75, 3.05) is 6.54 Å². The molecule has 9 heteroatoms. The molecule has 1 heterocycles. The maximum atomic E-state index is 12.8. The van der Waals surface area contributed by atoms with Gasteiger partial charge in [0.05, 0.1) is 16.8 Å². The van der Waals surface area contributed by atoms with Crippen molar-refractivity contribution in [1.29, 1.82) is 0 Å². The summed E-state index contributed by atoms with van der Waals surface area (Å²) in [4.78, 5) is 11.3. The zero-order valence-electron chi connectivity index (χ0n) is 15.8. The van der Waals surface area contributed by atoms with Crippen molar-refractivity contribution in [3.05, 3.63) is 39.8 Å². The standard InChI is InChI=1S/C18H22BClF3NO3/c1-11(25)24-10-14(19-26-16(2,3)17(4,5)27-19)8-12-6-7-13(9-15(12)20)18(21,22)23/h6-9H,10H2,1-5H3,(H,24,25). The average Bonchev–Trinajstić information content (AvgIpc) is 2.71. The van der Waals surface area contributed by atoms with Gasteiger partial charge in [-0.15, -0.1) is 0 Å². The summed E-state index contributed by atoms with van der Waals surface area (Å²) in [7, 11) is -0.764. The van der Waals surface area contributed by atoms with Gasteiger partial charge in [-0.25, -0.2) is 0 Å². The van der Waals surface area contributed by atoms with Crippen LogP contribution in [0.2, 0.25) is 5.02 Å². The molecule has 1 aliphatic heterocycles. The molecule has 1 aromatic rings. The number of alkyl halides is 3. The zero-order chi connectivity index (χ0) is 20.6. The van der Waals surface area contributed by atoms with Gasteiger partial charge in [0.15, 0.2) is 0 Å². The molecule has 27 heavy (non-hydrogen) atoms. The molecule has 0 aliphatic carbocycles. The summed E-state index contributed by atoms with van der Waals surface area (Å²) in [6.07, 6.45) is -2.89. The van der Waals surface area contributed by atoms with E-state index in [0.717, 1.165) is 12.1 Å². The van der Waals surface area contributed by atoms with E-state index in [-0.39, 0.29) is 17.5 Å². The van der Waals surface area contributed by atoms with Gasteiger partial charge < -0.3 is 14.6 Å². The number of carbonyl (C=O) groups excluding carboxylic acids is 1. The molecule has 0 aromatic heterocycles. The van der Waals surface area contributed by atoms with Crippen molar-refractivity contribution in [3.8, 4) is 0 Å². The van der Waals surface area contributed by atoms with Gasteiger partial charge in [0.2, 0.25) is 5.91 Å². The van der Waals surface area contributed by atoms with E-state index in [9.17, 15) is 18.0 Å². The van der Waals surface area contributed by atoms with Crippen LogP contribution in [0.15, 0.2) is 23.7 Å². The first-order valence-electron chi connectivity index (χ1n) is 8.40. The van der Waals surface area contributed by atoms with E-state index in [4.69, 9.17) is 20.9 Å². The Morgan fingerprint density at radius 3 is 2.22 bits per heavy atom. The van der Waals surface area contributed by atoms with E-state index in [1.54, 1.807) is 6.08 Å². The highest BCUT2D eigenvalue weighted by molar-refractivity contribution is 6.56. The SMILES string of the molecule is CC(=O)NCC(=Cc1ccc(C(F)(F)F)cc1Cl)B1OC(C)(C)C(C)(C)O1. The highest BCUT2D eigenvalue weighted by Crippen LogP contribution is 2.39. The number of nitrogens with one attached hydrogen (secondary N) is 1. The number of carbonyl (C=O) groups is 1. The minimum atomic E-state index is -4.48. The molecule has 0 bridgehead atoms.